The van der Waals surface area contributed by atoms with Gasteiger partial charge in [-0.2, -0.15) is 0 Å². The zero-order chi connectivity index (χ0) is 84.0. The molecule has 0 radical (unpaired) electrons. The molecule has 15 aromatic heterocycles. The second kappa shape index (κ2) is 35.3. The summed E-state index contributed by atoms with van der Waals surface area (Å²) in [5.41, 5.74) is 42.6. The molecule has 4 atom stereocenters. The second-order valence-electron chi connectivity index (χ2n) is 28.7. The number of carboxylic acids is 1. The maximum absolute atomic E-state index is 12.8. The van der Waals surface area contributed by atoms with Gasteiger partial charge in [0.2, 0.25) is 23.6 Å². The number of rotatable bonds is 22. The Bertz CT molecular complexity index is 5980. The van der Waals surface area contributed by atoms with E-state index in [0.717, 1.165) is 114 Å². The first-order valence-electron chi connectivity index (χ1n) is 38.8. The Morgan fingerprint density at radius 3 is 1.01 bits per heavy atom. The van der Waals surface area contributed by atoms with E-state index in [-0.39, 0.29) is 111 Å². The van der Waals surface area contributed by atoms with E-state index in [0.29, 0.717) is 96.6 Å². The molecule has 4 aliphatic heterocycles. The van der Waals surface area contributed by atoms with Crippen molar-refractivity contribution in [1.82, 2.24) is 97.5 Å². The SMILES string of the molecule is Cc1cnc2ccc(-c3nc(C(=O)CC[C@@H]4CCO4)c(N)nc3-c3ncco3)cn12.Cc1cnc2ccc(-c3nc(C(=O)CC[C@@H]4CCO4)c(N)nc3-c3ncco3)cn12.Cc1cnc2ccc(-c3nc(C(=O)O)c(N)nc3-c3ncco3)cn12.Cn1cnc2ccc(-c3nc(C(=O)CCC4CCO4)c(N)nc3-c3ncco3)cc21.NCC1CCO1. The lowest BCUT2D eigenvalue weighted by atomic mass is 10.0. The van der Waals surface area contributed by atoms with Gasteiger partial charge < -0.3 is 88.2 Å². The Morgan fingerprint density at radius 2 is 0.719 bits per heavy atom. The zero-order valence-corrected chi connectivity index (χ0v) is 65.9. The highest BCUT2D eigenvalue weighted by atomic mass is 16.5. The van der Waals surface area contributed by atoms with Gasteiger partial charge >= 0.3 is 5.97 Å². The highest BCUT2D eigenvalue weighted by Crippen LogP contribution is 2.37. The van der Waals surface area contributed by atoms with Gasteiger partial charge in [0.15, 0.2) is 69.1 Å². The first kappa shape index (κ1) is 80.2. The number of aromatic carboxylic acids is 1. The van der Waals surface area contributed by atoms with Gasteiger partial charge in [-0.3, -0.25) is 14.4 Å². The van der Waals surface area contributed by atoms with Crippen molar-refractivity contribution in [2.45, 2.75) is 109 Å². The summed E-state index contributed by atoms with van der Waals surface area (Å²) in [5, 5.41) is 9.30. The van der Waals surface area contributed by atoms with Gasteiger partial charge in [-0.25, -0.2) is 84.5 Å². The molecule has 4 saturated heterocycles. The number of fused-ring (bicyclic) bond motifs is 4. The molecule has 0 bridgehead atoms. The number of carbonyl (C=O) groups excluding carboxylic acids is 3. The number of carbonyl (C=O) groups is 4. The van der Waals surface area contributed by atoms with Crippen molar-refractivity contribution >= 4 is 74.6 Å². The fourth-order valence-electron chi connectivity index (χ4n) is 13.6. The normalized spacial score (nSPS) is 15.8. The molecule has 11 N–H and O–H groups in total. The fraction of sp³-hybridized carbons (Fsp3) is 0.277. The van der Waals surface area contributed by atoms with Crippen molar-refractivity contribution in [2.75, 3.05) is 55.9 Å². The van der Waals surface area contributed by atoms with Crippen LogP contribution < -0.4 is 28.7 Å². The molecular formula is C83H81N25O13. The average molecular weight is 1640 g/mol. The summed E-state index contributed by atoms with van der Waals surface area (Å²) in [4.78, 5) is 119. The van der Waals surface area contributed by atoms with Crippen LogP contribution in [0.15, 0.2) is 166 Å². The molecule has 16 aromatic rings. The third-order valence-corrected chi connectivity index (χ3v) is 20.6. The molecule has 0 aliphatic carbocycles. The van der Waals surface area contributed by atoms with Crippen LogP contribution in [0.5, 0.6) is 0 Å². The lowest BCUT2D eigenvalue weighted by Crippen LogP contribution is -2.33. The van der Waals surface area contributed by atoms with Crippen molar-refractivity contribution in [3.63, 3.8) is 0 Å². The maximum atomic E-state index is 12.8. The van der Waals surface area contributed by atoms with E-state index < -0.39 is 5.97 Å². The standard InChI is InChI=1S/3C21H20N6O3.C16H12N6O3.C4H9NO/c2*1-12-10-24-16-5-2-13(11-27(12)16)17-19(21-23-7-9-30-21)26-20(22)18(25-17)15(28)4-3-14-6-8-29-14;1-27-11-24-14-4-2-12(10-15(14)27)17-19(21-23-7-9-30-21)26-20(22)18(25-17)16(28)5-3-13-6-8-29-13;1-8-6-19-10-3-2-9(7-22(8)10)11-12(15-18-4-5-25-15)21-14(17)13(20-11)16(23)24;5-3-4-1-2-6-4/h2*2,5,7,9-11,14H,3-4,6,8H2,1H3,(H2,22,26);2,4,7,9-11,13H,3,5-6,8H2,1H3,(H2,22,26);2-7H,1H3,(H2,17,21)(H,23,24);4H,1-3,5H2/t2*14-;;;/m11.../s1. The molecule has 38 heteroatoms. The summed E-state index contributed by atoms with van der Waals surface area (Å²) < 4.78 is 50.5. The molecule has 20 rings (SSSR count). The van der Waals surface area contributed by atoms with Crippen LogP contribution >= 0.6 is 0 Å². The minimum atomic E-state index is -1.26. The smallest absolute Gasteiger partial charge is 0.358 e. The highest BCUT2D eigenvalue weighted by Gasteiger charge is 2.31. The molecule has 121 heavy (non-hydrogen) atoms. The van der Waals surface area contributed by atoms with Crippen molar-refractivity contribution < 1.29 is 60.9 Å². The van der Waals surface area contributed by atoms with Gasteiger partial charge in [-0.1, -0.05) is 6.07 Å². The quantitative estimate of drug-likeness (QED) is 0.0343. The predicted molar refractivity (Wildman–Crippen MR) is 438 cm³/mol. The molecule has 38 nitrogen and oxygen atoms in total. The first-order valence-corrected chi connectivity index (χ1v) is 38.8. The van der Waals surface area contributed by atoms with Crippen LogP contribution in [0.1, 0.15) is 123 Å². The van der Waals surface area contributed by atoms with E-state index in [9.17, 15) is 24.3 Å². The number of hydrogen-bond acceptors (Lipinski definition) is 33. The van der Waals surface area contributed by atoms with E-state index in [1.807, 2.05) is 100 Å². The Morgan fingerprint density at radius 1 is 0.405 bits per heavy atom. The Kier molecular flexibility index (Phi) is 23.4. The second-order valence-corrected chi connectivity index (χ2v) is 28.7. The molecule has 616 valence electrons. The number of hydrogen-bond donors (Lipinski definition) is 6. The van der Waals surface area contributed by atoms with Crippen LogP contribution in [0.3, 0.4) is 0 Å². The van der Waals surface area contributed by atoms with Gasteiger partial charge in [0.05, 0.1) is 66.6 Å². The van der Waals surface area contributed by atoms with Crippen LogP contribution in [0.4, 0.5) is 23.3 Å². The number of carboxylic acid groups (broad SMARTS) is 1. The molecule has 4 fully saturated rings. The van der Waals surface area contributed by atoms with Gasteiger partial charge in [-0.05, 0) is 114 Å². The van der Waals surface area contributed by atoms with Crippen LogP contribution in [-0.2, 0) is 26.0 Å². The summed E-state index contributed by atoms with van der Waals surface area (Å²) in [7, 11) is 1.92. The third kappa shape index (κ3) is 17.4. The van der Waals surface area contributed by atoms with E-state index in [2.05, 4.69) is 79.7 Å². The number of nitrogens with two attached hydrogens (primary N) is 5. The number of anilines is 4. The van der Waals surface area contributed by atoms with E-state index >= 15 is 0 Å². The summed E-state index contributed by atoms with van der Waals surface area (Å²) in [6.07, 6.45) is 32.3. The Balaban J connectivity index is 0.000000117. The topological polar surface area (TPSA) is 532 Å². The maximum Gasteiger partial charge on any atom is 0.358 e. The number of aromatic nitrogens is 20. The number of ketones is 3. The summed E-state index contributed by atoms with van der Waals surface area (Å²) >= 11 is 0. The number of nitrogens with zero attached hydrogens (tertiary/aromatic N) is 20. The van der Waals surface area contributed by atoms with Crippen molar-refractivity contribution in [2.24, 2.45) is 12.8 Å². The molecule has 0 spiro atoms. The number of nitrogen functional groups attached to an aromatic ring is 4. The van der Waals surface area contributed by atoms with E-state index in [4.69, 9.17) is 65.3 Å². The molecule has 1 aromatic carbocycles. The number of ether oxygens (including phenoxy) is 4. The molecule has 19 heterocycles. The zero-order valence-electron chi connectivity index (χ0n) is 65.9. The van der Waals surface area contributed by atoms with Crippen molar-refractivity contribution in [3.8, 4) is 91.4 Å². The van der Waals surface area contributed by atoms with Crippen LogP contribution in [-0.4, -0.2) is 183 Å². The summed E-state index contributed by atoms with van der Waals surface area (Å²) in [6, 6.07) is 16.8. The molecule has 4 aliphatic rings. The molecule has 2 unspecified atom stereocenters. The minimum Gasteiger partial charge on any atom is -0.476 e. The van der Waals surface area contributed by atoms with Crippen molar-refractivity contribution in [3.05, 3.63) is 188 Å². The first-order chi connectivity index (χ1) is 58.8. The number of pyridine rings is 3. The third-order valence-electron chi connectivity index (χ3n) is 20.6. The number of imidazole rings is 4. The Hall–Kier alpha value is -14.6. The number of oxazole rings is 4. The lowest BCUT2D eigenvalue weighted by Gasteiger charge is -2.25. The van der Waals surface area contributed by atoms with Crippen LogP contribution in [0.25, 0.3) is 119 Å². The number of aryl methyl sites for hydroxylation is 4. The van der Waals surface area contributed by atoms with Gasteiger partial charge in [0.1, 0.15) is 81.9 Å². The number of benzene rings is 1. The van der Waals surface area contributed by atoms with E-state index in [1.165, 1.54) is 49.8 Å². The van der Waals surface area contributed by atoms with Gasteiger partial charge in [-0.15, -0.1) is 0 Å². The number of Topliss-reactive ketones (excluding diaryl/α,β-unsaturated/α-hetero) is 3. The largest absolute Gasteiger partial charge is 0.476 e. The van der Waals surface area contributed by atoms with Crippen LogP contribution in [0.2, 0.25) is 0 Å². The molecule has 0 saturated carbocycles. The average Bonchev–Trinajstić information content (AvgIpc) is 1.77. The van der Waals surface area contributed by atoms with Gasteiger partial charge in [0, 0.05) is 136 Å². The van der Waals surface area contributed by atoms with Crippen molar-refractivity contribution in [1.29, 1.82) is 0 Å². The summed E-state index contributed by atoms with van der Waals surface area (Å²) in [6.45, 7) is 9.72. The van der Waals surface area contributed by atoms with Gasteiger partial charge in [0.25, 0.3) is 0 Å². The molecular weight excluding hydrogens is 1560 g/mol. The predicted octanol–water partition coefficient (Wildman–Crippen LogP) is 11.0. The lowest BCUT2D eigenvalue weighted by molar-refractivity contribution is -0.0543. The summed E-state index contributed by atoms with van der Waals surface area (Å²) in [5.74, 6) is -0.685. The molecule has 0 amide bonds. The fourth-order valence-corrected chi connectivity index (χ4v) is 13.6. The highest BCUT2D eigenvalue weighted by molar-refractivity contribution is 6.01. The van der Waals surface area contributed by atoms with E-state index in [1.54, 1.807) is 43.2 Å². The van der Waals surface area contributed by atoms with Crippen LogP contribution in [0, 0.1) is 20.8 Å². The monoisotopic (exact) mass is 1640 g/mol. The Labute approximate surface area is 687 Å². The minimum absolute atomic E-state index is 0.0615.